The van der Waals surface area contributed by atoms with Crippen molar-refractivity contribution in [1.29, 1.82) is 0 Å². The third-order valence-corrected chi connectivity index (χ3v) is 3.82. The number of hydrogen-bond donors (Lipinski definition) is 1. The van der Waals surface area contributed by atoms with Crippen molar-refractivity contribution >= 4 is 17.1 Å². The number of ether oxygens (including phenoxy) is 1. The Kier molecular flexibility index (Phi) is 3.18. The number of nitrogens with two attached hydrogens (primary N) is 1. The van der Waals surface area contributed by atoms with Crippen LogP contribution in [0.5, 0.6) is 0 Å². The van der Waals surface area contributed by atoms with E-state index in [4.69, 9.17) is 10.5 Å². The van der Waals surface area contributed by atoms with Gasteiger partial charge in [-0.05, 0) is 25.7 Å². The zero-order valence-corrected chi connectivity index (χ0v) is 11.6. The molecule has 1 aliphatic heterocycles. The summed E-state index contributed by atoms with van der Waals surface area (Å²) in [6.07, 6.45) is 4.60. The number of imidazole rings is 1. The Labute approximate surface area is 112 Å². The van der Waals surface area contributed by atoms with Gasteiger partial charge >= 0.3 is 0 Å². The van der Waals surface area contributed by atoms with E-state index in [1.54, 1.807) is 0 Å². The summed E-state index contributed by atoms with van der Waals surface area (Å²) in [4.78, 5) is 4.47. The molecule has 2 aromatic heterocycles. The molecule has 0 amide bonds. The molecule has 2 aromatic rings. The highest BCUT2D eigenvalue weighted by molar-refractivity contribution is 5.77. The number of anilines is 1. The Morgan fingerprint density at radius 2 is 2.26 bits per heavy atom. The largest absolute Gasteiger partial charge is 0.376 e. The summed E-state index contributed by atoms with van der Waals surface area (Å²) in [5, 5.41) is 4.50. The van der Waals surface area contributed by atoms with E-state index in [2.05, 4.69) is 17.0 Å². The van der Waals surface area contributed by atoms with Gasteiger partial charge in [-0.3, -0.25) is 9.25 Å². The van der Waals surface area contributed by atoms with Crippen LogP contribution in [0.2, 0.25) is 0 Å². The minimum atomic E-state index is 0.244. The summed E-state index contributed by atoms with van der Waals surface area (Å²) in [6, 6.07) is 0. The van der Waals surface area contributed by atoms with E-state index >= 15 is 0 Å². The van der Waals surface area contributed by atoms with Crippen LogP contribution in [0.1, 0.15) is 31.9 Å². The van der Waals surface area contributed by atoms with Gasteiger partial charge in [0.1, 0.15) is 5.52 Å². The molecule has 0 saturated carbocycles. The summed E-state index contributed by atoms with van der Waals surface area (Å²) < 4.78 is 9.71. The molecule has 3 heterocycles. The van der Waals surface area contributed by atoms with Gasteiger partial charge in [-0.15, -0.1) is 0 Å². The molecule has 6 nitrogen and oxygen atoms in total. The topological polar surface area (TPSA) is 70.9 Å². The van der Waals surface area contributed by atoms with Gasteiger partial charge in [-0.1, -0.05) is 6.92 Å². The fraction of sp³-hybridized carbons (Fsp3) is 0.692. The molecule has 1 aliphatic rings. The molecule has 6 heteroatoms. The van der Waals surface area contributed by atoms with Crippen LogP contribution in [-0.2, 0) is 24.8 Å². The standard InChI is InChI=1S/C13H21N5O/c1-3-10-11-12(17(2)16-10)18(13(14)15-11)8-9-6-4-5-7-19-9/h9H,3-8H2,1-2H3,(H2,14,15). The average Bonchev–Trinajstić information content (AvgIpc) is 2.90. The van der Waals surface area contributed by atoms with Crippen molar-refractivity contribution in [2.45, 2.75) is 45.3 Å². The van der Waals surface area contributed by atoms with Gasteiger partial charge in [0.15, 0.2) is 5.65 Å². The third kappa shape index (κ3) is 2.10. The molecule has 2 N–H and O–H groups in total. The van der Waals surface area contributed by atoms with Gasteiger partial charge in [-0.2, -0.15) is 5.10 Å². The number of fused-ring (bicyclic) bond motifs is 1. The molecule has 1 atom stereocenters. The minimum absolute atomic E-state index is 0.244. The minimum Gasteiger partial charge on any atom is -0.376 e. The van der Waals surface area contributed by atoms with Crippen molar-refractivity contribution in [3.8, 4) is 0 Å². The Balaban J connectivity index is 1.97. The molecule has 1 unspecified atom stereocenters. The molecule has 0 spiro atoms. The molecule has 19 heavy (non-hydrogen) atoms. The van der Waals surface area contributed by atoms with E-state index in [-0.39, 0.29) is 6.10 Å². The fourth-order valence-corrected chi connectivity index (χ4v) is 2.83. The number of nitrogens with zero attached hydrogens (tertiary/aromatic N) is 4. The first-order chi connectivity index (χ1) is 9.20. The highest BCUT2D eigenvalue weighted by atomic mass is 16.5. The molecule has 1 saturated heterocycles. The van der Waals surface area contributed by atoms with E-state index in [9.17, 15) is 0 Å². The van der Waals surface area contributed by atoms with Crippen molar-refractivity contribution in [2.24, 2.45) is 7.05 Å². The maximum Gasteiger partial charge on any atom is 0.202 e. The van der Waals surface area contributed by atoms with E-state index in [1.165, 1.54) is 6.42 Å². The quantitative estimate of drug-likeness (QED) is 0.910. The molecular weight excluding hydrogens is 242 g/mol. The number of hydrogen-bond acceptors (Lipinski definition) is 4. The molecule has 0 aromatic carbocycles. The van der Waals surface area contributed by atoms with Crippen LogP contribution in [0, 0.1) is 0 Å². The number of rotatable bonds is 3. The van der Waals surface area contributed by atoms with Crippen LogP contribution in [0.4, 0.5) is 5.95 Å². The van der Waals surface area contributed by atoms with Crippen molar-refractivity contribution in [3.05, 3.63) is 5.69 Å². The maximum absolute atomic E-state index is 6.06. The number of nitrogen functional groups attached to an aromatic ring is 1. The molecule has 104 valence electrons. The molecule has 1 fully saturated rings. The highest BCUT2D eigenvalue weighted by Gasteiger charge is 2.21. The second-order valence-corrected chi connectivity index (χ2v) is 5.17. The van der Waals surface area contributed by atoms with Crippen LogP contribution >= 0.6 is 0 Å². The lowest BCUT2D eigenvalue weighted by Crippen LogP contribution is -2.25. The van der Waals surface area contributed by atoms with Gasteiger partial charge in [0, 0.05) is 13.7 Å². The van der Waals surface area contributed by atoms with Gasteiger partial charge in [-0.25, -0.2) is 4.98 Å². The second-order valence-electron chi connectivity index (χ2n) is 5.17. The summed E-state index contributed by atoms with van der Waals surface area (Å²) >= 11 is 0. The molecule has 0 bridgehead atoms. The summed E-state index contributed by atoms with van der Waals surface area (Å²) in [7, 11) is 1.95. The normalized spacial score (nSPS) is 20.2. The SMILES string of the molecule is CCc1nn(C)c2c1nc(N)n2CC1CCCCO1. The molecule has 0 aliphatic carbocycles. The fourth-order valence-electron chi connectivity index (χ4n) is 2.83. The first-order valence-corrected chi connectivity index (χ1v) is 7.00. The van der Waals surface area contributed by atoms with E-state index in [0.717, 1.165) is 49.3 Å². The lowest BCUT2D eigenvalue weighted by Gasteiger charge is -2.23. The maximum atomic E-state index is 6.06. The average molecular weight is 263 g/mol. The smallest absolute Gasteiger partial charge is 0.202 e. The monoisotopic (exact) mass is 263 g/mol. The summed E-state index contributed by atoms with van der Waals surface area (Å²) in [5.74, 6) is 0.562. The van der Waals surface area contributed by atoms with Crippen LogP contribution in [0.25, 0.3) is 11.2 Å². The summed E-state index contributed by atoms with van der Waals surface area (Å²) in [5.41, 5.74) is 9.00. The van der Waals surface area contributed by atoms with Crippen LogP contribution < -0.4 is 5.73 Å². The van der Waals surface area contributed by atoms with Gasteiger partial charge in [0.2, 0.25) is 5.95 Å². The second kappa shape index (κ2) is 4.85. The van der Waals surface area contributed by atoms with Crippen LogP contribution in [0.15, 0.2) is 0 Å². The van der Waals surface area contributed by atoms with Crippen LogP contribution in [-0.4, -0.2) is 32.0 Å². The molecule has 0 radical (unpaired) electrons. The van der Waals surface area contributed by atoms with Crippen molar-refractivity contribution < 1.29 is 4.74 Å². The van der Waals surface area contributed by atoms with Crippen LogP contribution in [0.3, 0.4) is 0 Å². The van der Waals surface area contributed by atoms with E-state index < -0.39 is 0 Å². The zero-order valence-electron chi connectivity index (χ0n) is 11.6. The molecular formula is C13H21N5O. The van der Waals surface area contributed by atoms with Gasteiger partial charge in [0.25, 0.3) is 0 Å². The van der Waals surface area contributed by atoms with E-state index in [1.807, 2.05) is 16.3 Å². The number of aryl methyl sites for hydroxylation is 2. The van der Waals surface area contributed by atoms with Crippen molar-refractivity contribution in [2.75, 3.05) is 12.3 Å². The number of aromatic nitrogens is 4. The van der Waals surface area contributed by atoms with Crippen molar-refractivity contribution in [3.63, 3.8) is 0 Å². The third-order valence-electron chi connectivity index (χ3n) is 3.82. The van der Waals surface area contributed by atoms with Crippen molar-refractivity contribution in [1.82, 2.24) is 19.3 Å². The van der Waals surface area contributed by atoms with Gasteiger partial charge in [0.05, 0.1) is 18.3 Å². The predicted molar refractivity (Wildman–Crippen MR) is 73.9 cm³/mol. The first kappa shape index (κ1) is 12.5. The lowest BCUT2D eigenvalue weighted by molar-refractivity contribution is 0.00679. The zero-order chi connectivity index (χ0) is 13.4. The Morgan fingerprint density at radius 1 is 1.42 bits per heavy atom. The summed E-state index contributed by atoms with van der Waals surface area (Å²) in [6.45, 7) is 3.71. The predicted octanol–water partition coefficient (Wildman–Crippen LogP) is 1.48. The lowest BCUT2D eigenvalue weighted by atomic mass is 10.1. The Bertz CT molecular complexity index is 579. The first-order valence-electron chi connectivity index (χ1n) is 7.00. The van der Waals surface area contributed by atoms with Gasteiger partial charge < -0.3 is 10.5 Å². The Hall–Kier alpha value is -1.56. The van der Waals surface area contributed by atoms with E-state index in [0.29, 0.717) is 5.95 Å². The highest BCUT2D eigenvalue weighted by Crippen LogP contribution is 2.23. The molecule has 3 rings (SSSR count). The Morgan fingerprint density at radius 3 is 2.95 bits per heavy atom.